The first-order valence-corrected chi connectivity index (χ1v) is 7.16. The number of rotatable bonds is 6. The number of allylic oxidation sites excluding steroid dienone is 1. The maximum absolute atomic E-state index is 12.5. The van der Waals surface area contributed by atoms with Crippen LogP contribution in [0.5, 0.6) is 17.2 Å². The first kappa shape index (κ1) is 17.1. The SMILES string of the molecule is COc1cc(OC)c(OC)cc1/C=C(\C#N)C(=O)c1ccccc1. The molecule has 0 N–H and O–H groups in total. The first-order valence-electron chi connectivity index (χ1n) is 7.16. The molecule has 0 unspecified atom stereocenters. The van der Waals surface area contributed by atoms with Crippen LogP contribution < -0.4 is 14.2 Å². The van der Waals surface area contributed by atoms with Gasteiger partial charge in [-0.1, -0.05) is 30.3 Å². The Labute approximate surface area is 140 Å². The summed E-state index contributed by atoms with van der Waals surface area (Å²) in [6.07, 6.45) is 1.48. The maximum Gasteiger partial charge on any atom is 0.203 e. The van der Waals surface area contributed by atoms with Crippen molar-refractivity contribution >= 4 is 11.9 Å². The lowest BCUT2D eigenvalue weighted by molar-refractivity contribution is 0.104. The zero-order valence-electron chi connectivity index (χ0n) is 13.7. The Morgan fingerprint density at radius 3 is 2.08 bits per heavy atom. The highest BCUT2D eigenvalue weighted by molar-refractivity contribution is 6.14. The quantitative estimate of drug-likeness (QED) is 0.462. The van der Waals surface area contributed by atoms with Gasteiger partial charge < -0.3 is 14.2 Å². The number of methoxy groups -OCH3 is 3. The average molecular weight is 323 g/mol. The van der Waals surface area contributed by atoms with E-state index >= 15 is 0 Å². The molecule has 0 amide bonds. The van der Waals surface area contributed by atoms with E-state index in [-0.39, 0.29) is 11.4 Å². The van der Waals surface area contributed by atoms with Gasteiger partial charge >= 0.3 is 0 Å². The lowest BCUT2D eigenvalue weighted by atomic mass is 10.0. The van der Waals surface area contributed by atoms with Crippen LogP contribution in [0.1, 0.15) is 15.9 Å². The molecule has 0 radical (unpaired) electrons. The van der Waals surface area contributed by atoms with Gasteiger partial charge in [0.25, 0.3) is 0 Å². The molecule has 0 saturated carbocycles. The summed E-state index contributed by atoms with van der Waals surface area (Å²) in [6, 6.07) is 13.9. The van der Waals surface area contributed by atoms with Gasteiger partial charge in [-0.3, -0.25) is 4.79 Å². The van der Waals surface area contributed by atoms with Crippen LogP contribution in [-0.4, -0.2) is 27.1 Å². The van der Waals surface area contributed by atoms with Crippen LogP contribution in [0.2, 0.25) is 0 Å². The van der Waals surface area contributed by atoms with Crippen LogP contribution in [0.3, 0.4) is 0 Å². The molecular formula is C19H17NO4. The monoisotopic (exact) mass is 323 g/mol. The van der Waals surface area contributed by atoms with Gasteiger partial charge in [0.05, 0.1) is 21.3 Å². The fourth-order valence-corrected chi connectivity index (χ4v) is 2.21. The van der Waals surface area contributed by atoms with E-state index in [4.69, 9.17) is 14.2 Å². The van der Waals surface area contributed by atoms with Crippen molar-refractivity contribution in [2.45, 2.75) is 0 Å². The zero-order chi connectivity index (χ0) is 17.5. The Balaban J connectivity index is 2.51. The molecule has 0 aliphatic heterocycles. The molecule has 24 heavy (non-hydrogen) atoms. The minimum absolute atomic E-state index is 0.00622. The maximum atomic E-state index is 12.5. The number of carbonyl (C=O) groups excluding carboxylic acids is 1. The van der Waals surface area contributed by atoms with Crippen molar-refractivity contribution in [1.82, 2.24) is 0 Å². The van der Waals surface area contributed by atoms with E-state index in [1.54, 1.807) is 36.4 Å². The number of nitrogens with zero attached hydrogens (tertiary/aromatic N) is 1. The van der Waals surface area contributed by atoms with Crippen molar-refractivity contribution in [2.75, 3.05) is 21.3 Å². The Hall–Kier alpha value is -3.26. The number of ether oxygens (including phenoxy) is 3. The smallest absolute Gasteiger partial charge is 0.203 e. The number of hydrogen-bond donors (Lipinski definition) is 0. The van der Waals surface area contributed by atoms with Crippen molar-refractivity contribution in [1.29, 1.82) is 5.26 Å². The van der Waals surface area contributed by atoms with Gasteiger partial charge in [0.15, 0.2) is 11.5 Å². The van der Waals surface area contributed by atoms with Gasteiger partial charge in [0.2, 0.25) is 5.78 Å². The predicted octanol–water partition coefficient (Wildman–Crippen LogP) is 3.50. The number of nitriles is 1. The fraction of sp³-hybridized carbons (Fsp3) is 0.158. The zero-order valence-corrected chi connectivity index (χ0v) is 13.7. The molecule has 2 aromatic rings. The van der Waals surface area contributed by atoms with Crippen LogP contribution in [0.25, 0.3) is 6.08 Å². The minimum Gasteiger partial charge on any atom is -0.496 e. The number of ketones is 1. The Morgan fingerprint density at radius 1 is 0.958 bits per heavy atom. The van der Waals surface area contributed by atoms with Crippen molar-refractivity contribution in [3.05, 3.63) is 59.2 Å². The molecular weight excluding hydrogens is 306 g/mol. The van der Waals surface area contributed by atoms with Crippen molar-refractivity contribution in [2.24, 2.45) is 0 Å². The van der Waals surface area contributed by atoms with Gasteiger partial charge in [0, 0.05) is 17.2 Å². The van der Waals surface area contributed by atoms with Gasteiger partial charge in [-0.15, -0.1) is 0 Å². The molecule has 5 heteroatoms. The second-order valence-electron chi connectivity index (χ2n) is 4.81. The summed E-state index contributed by atoms with van der Waals surface area (Å²) >= 11 is 0. The molecule has 122 valence electrons. The third-order valence-electron chi connectivity index (χ3n) is 3.44. The van der Waals surface area contributed by atoms with Crippen molar-refractivity contribution in [3.8, 4) is 23.3 Å². The third kappa shape index (κ3) is 3.55. The highest BCUT2D eigenvalue weighted by Crippen LogP contribution is 2.35. The molecule has 0 atom stereocenters. The van der Waals surface area contributed by atoms with Gasteiger partial charge in [-0.2, -0.15) is 5.26 Å². The third-order valence-corrected chi connectivity index (χ3v) is 3.44. The molecule has 0 aliphatic rings. The van der Waals surface area contributed by atoms with Crippen LogP contribution in [-0.2, 0) is 0 Å². The number of carbonyl (C=O) groups is 1. The van der Waals surface area contributed by atoms with Crippen LogP contribution in [0.4, 0.5) is 0 Å². The number of Topliss-reactive ketones (excluding diaryl/α,β-unsaturated/α-hetero) is 1. The van der Waals surface area contributed by atoms with E-state index in [1.807, 2.05) is 12.1 Å². The Bertz CT molecular complexity index is 804. The summed E-state index contributed by atoms with van der Waals surface area (Å²) in [5.74, 6) is 1.10. The van der Waals surface area contributed by atoms with E-state index in [0.29, 0.717) is 28.4 Å². The molecule has 2 rings (SSSR count). The summed E-state index contributed by atoms with van der Waals surface area (Å²) in [6.45, 7) is 0. The number of benzene rings is 2. The Kier molecular flexibility index (Phi) is 5.58. The highest BCUT2D eigenvalue weighted by Gasteiger charge is 2.15. The normalized spacial score (nSPS) is 10.7. The van der Waals surface area contributed by atoms with Gasteiger partial charge in [-0.25, -0.2) is 0 Å². The van der Waals surface area contributed by atoms with E-state index < -0.39 is 0 Å². The van der Waals surface area contributed by atoms with E-state index in [2.05, 4.69) is 0 Å². The fourth-order valence-electron chi connectivity index (χ4n) is 2.21. The molecule has 2 aromatic carbocycles. The van der Waals surface area contributed by atoms with Crippen molar-refractivity contribution < 1.29 is 19.0 Å². The van der Waals surface area contributed by atoms with E-state index in [9.17, 15) is 10.1 Å². The molecule has 0 spiro atoms. The lowest BCUT2D eigenvalue weighted by Crippen LogP contribution is -2.02. The van der Waals surface area contributed by atoms with Crippen molar-refractivity contribution in [3.63, 3.8) is 0 Å². The summed E-state index contributed by atoms with van der Waals surface area (Å²) in [7, 11) is 4.54. The summed E-state index contributed by atoms with van der Waals surface area (Å²) in [5, 5.41) is 9.37. The molecule has 0 heterocycles. The molecule has 0 fully saturated rings. The standard InChI is InChI=1S/C19H17NO4/c1-22-16-11-18(24-3)17(23-2)10-14(16)9-15(12-20)19(21)13-7-5-4-6-8-13/h4-11H,1-3H3/b15-9+. The topological polar surface area (TPSA) is 68.6 Å². The van der Waals surface area contributed by atoms with Crippen LogP contribution >= 0.6 is 0 Å². The highest BCUT2D eigenvalue weighted by atomic mass is 16.5. The van der Waals surface area contributed by atoms with E-state index in [1.165, 1.54) is 27.4 Å². The predicted molar refractivity (Wildman–Crippen MR) is 90.5 cm³/mol. The average Bonchev–Trinajstić information content (AvgIpc) is 2.65. The molecule has 5 nitrogen and oxygen atoms in total. The first-order chi connectivity index (χ1) is 11.6. The van der Waals surface area contributed by atoms with Crippen LogP contribution in [0, 0.1) is 11.3 Å². The molecule has 0 aliphatic carbocycles. The van der Waals surface area contributed by atoms with Crippen LogP contribution in [0.15, 0.2) is 48.0 Å². The lowest BCUT2D eigenvalue weighted by Gasteiger charge is -2.12. The molecule has 0 bridgehead atoms. The summed E-state index contributed by atoms with van der Waals surface area (Å²) in [5.41, 5.74) is 1.01. The largest absolute Gasteiger partial charge is 0.496 e. The van der Waals surface area contributed by atoms with Gasteiger partial charge in [-0.05, 0) is 12.1 Å². The summed E-state index contributed by atoms with van der Waals surface area (Å²) < 4.78 is 15.8. The van der Waals surface area contributed by atoms with Gasteiger partial charge in [0.1, 0.15) is 17.4 Å². The minimum atomic E-state index is -0.352. The van der Waals surface area contributed by atoms with E-state index in [0.717, 1.165) is 0 Å². The number of hydrogen-bond acceptors (Lipinski definition) is 5. The second-order valence-corrected chi connectivity index (χ2v) is 4.81. The molecule has 0 aromatic heterocycles. The Morgan fingerprint density at radius 2 is 1.54 bits per heavy atom. The molecule has 0 saturated heterocycles. The summed E-state index contributed by atoms with van der Waals surface area (Å²) in [4.78, 5) is 12.5. The second kappa shape index (κ2) is 7.84.